The fraction of sp³-hybridized carbons (Fsp3) is 0.771. The summed E-state index contributed by atoms with van der Waals surface area (Å²) in [5.41, 5.74) is -1.41. The van der Waals surface area contributed by atoms with Crippen molar-refractivity contribution in [3.05, 3.63) is 12.7 Å². The molecule has 0 aromatic heterocycles. The van der Waals surface area contributed by atoms with Crippen LogP contribution in [-0.2, 0) is 28.7 Å². The second-order valence-corrected chi connectivity index (χ2v) is 15.9. The molecule has 47 heavy (non-hydrogen) atoms. The first-order valence-corrected chi connectivity index (χ1v) is 17.2. The predicted molar refractivity (Wildman–Crippen MR) is 178 cm³/mol. The Labute approximate surface area is 279 Å². The molecule has 3 fully saturated rings. The van der Waals surface area contributed by atoms with Gasteiger partial charge in [-0.15, -0.1) is 6.58 Å². The van der Waals surface area contributed by atoms with Gasteiger partial charge in [0.1, 0.15) is 24.2 Å². The van der Waals surface area contributed by atoms with Gasteiger partial charge in [0.2, 0.25) is 17.6 Å². The number of urea groups is 1. The van der Waals surface area contributed by atoms with Gasteiger partial charge in [0.05, 0.1) is 6.04 Å². The summed E-state index contributed by atoms with van der Waals surface area (Å²) in [7, 11) is 0. The van der Waals surface area contributed by atoms with E-state index in [1.165, 1.54) is 11.0 Å². The molecule has 0 bridgehead atoms. The van der Waals surface area contributed by atoms with Crippen molar-refractivity contribution in [3.63, 3.8) is 0 Å². The molecular weight excluding hydrogens is 602 g/mol. The van der Waals surface area contributed by atoms with E-state index in [-0.39, 0.29) is 31.5 Å². The monoisotopic (exact) mass is 659 g/mol. The molecule has 12 nitrogen and oxygen atoms in total. The zero-order valence-electron chi connectivity index (χ0n) is 29.6. The normalized spacial score (nSPS) is 21.7. The second kappa shape index (κ2) is 15.6. The second-order valence-electron chi connectivity index (χ2n) is 15.9. The standard InChI is InChI=1S/C35H57N5O7/c1-10-12-23(25(41)30(43)36-17-11-2)37-29(42)24-18-20(3)19-40(24)31(44)27(34(4,5)6)38-33(46)39-28(35(7,8)9)32(45)47-26(21-13-14-21)22-15-16-22/h11,20-24,26-28H,2,10,12-19H2,1,3-9H3,(H,36,43)(H,37,42)(H2,38,39,46)/t20?,23?,24-,27?,28?/m0/s1. The fourth-order valence-corrected chi connectivity index (χ4v) is 6.15. The Morgan fingerprint density at radius 1 is 0.894 bits per heavy atom. The summed E-state index contributed by atoms with van der Waals surface area (Å²) in [6.07, 6.45) is 6.70. The smallest absolute Gasteiger partial charge is 0.329 e. The zero-order chi connectivity index (χ0) is 35.3. The lowest BCUT2D eigenvalue weighted by Crippen LogP contribution is -2.62. The average Bonchev–Trinajstić information content (AvgIpc) is 3.92. The third-order valence-corrected chi connectivity index (χ3v) is 9.13. The number of carbonyl (C=O) groups excluding carboxylic acids is 6. The van der Waals surface area contributed by atoms with Crippen LogP contribution in [0.25, 0.3) is 0 Å². The Hall–Kier alpha value is -3.44. The number of hydrogen-bond donors (Lipinski definition) is 4. The first-order valence-electron chi connectivity index (χ1n) is 17.2. The summed E-state index contributed by atoms with van der Waals surface area (Å²) in [5, 5.41) is 10.8. The summed E-state index contributed by atoms with van der Waals surface area (Å²) in [6, 6.07) is -4.60. The Morgan fingerprint density at radius 2 is 1.45 bits per heavy atom. The molecule has 3 rings (SSSR count). The van der Waals surface area contributed by atoms with Gasteiger partial charge in [-0.25, -0.2) is 9.59 Å². The minimum atomic E-state index is -1.04. The van der Waals surface area contributed by atoms with E-state index >= 15 is 0 Å². The molecular formula is C35H57N5O7. The molecule has 1 heterocycles. The molecule has 0 aromatic carbocycles. The lowest BCUT2D eigenvalue weighted by atomic mass is 9.85. The minimum Gasteiger partial charge on any atom is -0.460 e. The fourth-order valence-electron chi connectivity index (χ4n) is 6.15. The summed E-state index contributed by atoms with van der Waals surface area (Å²) in [5.74, 6) is -2.27. The molecule has 12 heteroatoms. The number of ketones is 1. The molecule has 264 valence electrons. The van der Waals surface area contributed by atoms with E-state index in [4.69, 9.17) is 4.74 Å². The van der Waals surface area contributed by atoms with Crippen LogP contribution in [0.4, 0.5) is 4.79 Å². The van der Waals surface area contributed by atoms with E-state index in [2.05, 4.69) is 27.8 Å². The molecule has 4 unspecified atom stereocenters. The van der Waals surface area contributed by atoms with Gasteiger partial charge in [0.15, 0.2) is 0 Å². The van der Waals surface area contributed by atoms with Gasteiger partial charge in [-0.3, -0.25) is 19.2 Å². The van der Waals surface area contributed by atoms with Crippen molar-refractivity contribution in [1.29, 1.82) is 0 Å². The van der Waals surface area contributed by atoms with Crippen LogP contribution in [0.3, 0.4) is 0 Å². The van der Waals surface area contributed by atoms with Gasteiger partial charge < -0.3 is 30.9 Å². The zero-order valence-corrected chi connectivity index (χ0v) is 29.6. The number of carbonyl (C=O) groups is 6. The van der Waals surface area contributed by atoms with Gasteiger partial charge >= 0.3 is 12.0 Å². The van der Waals surface area contributed by atoms with Crippen molar-refractivity contribution in [3.8, 4) is 0 Å². The Bertz CT molecular complexity index is 1190. The number of ether oxygens (including phenoxy) is 1. The molecule has 5 amide bonds. The van der Waals surface area contributed by atoms with Gasteiger partial charge in [0.25, 0.3) is 5.91 Å². The lowest BCUT2D eigenvalue weighted by Gasteiger charge is -2.37. The highest BCUT2D eigenvalue weighted by Gasteiger charge is 2.47. The Morgan fingerprint density at radius 3 is 1.94 bits per heavy atom. The molecule has 2 aliphatic carbocycles. The molecule has 0 radical (unpaired) electrons. The van der Waals surface area contributed by atoms with Crippen molar-refractivity contribution in [2.24, 2.45) is 28.6 Å². The highest BCUT2D eigenvalue weighted by Crippen LogP contribution is 2.46. The predicted octanol–water partition coefficient (Wildman–Crippen LogP) is 3.24. The maximum atomic E-state index is 14.2. The lowest BCUT2D eigenvalue weighted by molar-refractivity contribution is -0.156. The SMILES string of the molecule is C=CCNC(=O)C(=O)C(CCC)NC(=O)[C@@H]1CC(C)CN1C(=O)C(NC(=O)NC(C(=O)OC(C1CC1)C1CC1)C(C)(C)C)C(C)(C)C. The maximum absolute atomic E-state index is 14.2. The molecule has 0 spiro atoms. The number of nitrogens with one attached hydrogen (secondary N) is 4. The van der Waals surface area contributed by atoms with E-state index in [9.17, 15) is 28.8 Å². The van der Waals surface area contributed by atoms with Crippen molar-refractivity contribution in [2.75, 3.05) is 13.1 Å². The Kier molecular flexibility index (Phi) is 12.6. The van der Waals surface area contributed by atoms with Crippen molar-refractivity contribution < 1.29 is 33.5 Å². The third-order valence-electron chi connectivity index (χ3n) is 9.13. The van der Waals surface area contributed by atoms with E-state index < -0.39 is 70.5 Å². The molecule has 2 saturated carbocycles. The Balaban J connectivity index is 1.74. The van der Waals surface area contributed by atoms with E-state index in [1.807, 2.05) is 55.4 Å². The van der Waals surface area contributed by atoms with Gasteiger partial charge in [-0.2, -0.15) is 0 Å². The van der Waals surface area contributed by atoms with E-state index in [0.29, 0.717) is 24.7 Å². The molecule has 4 N–H and O–H groups in total. The average molecular weight is 660 g/mol. The molecule has 5 atom stereocenters. The first-order chi connectivity index (χ1) is 21.9. The highest BCUT2D eigenvalue weighted by molar-refractivity contribution is 6.38. The minimum absolute atomic E-state index is 0.0220. The van der Waals surface area contributed by atoms with Crippen molar-refractivity contribution >= 4 is 35.5 Å². The van der Waals surface area contributed by atoms with Crippen LogP contribution in [0.1, 0.15) is 100 Å². The summed E-state index contributed by atoms with van der Waals surface area (Å²) >= 11 is 0. The topological polar surface area (TPSA) is 163 Å². The quantitative estimate of drug-likeness (QED) is 0.119. The first kappa shape index (κ1) is 38.0. The van der Waals surface area contributed by atoms with Crippen LogP contribution in [0, 0.1) is 28.6 Å². The van der Waals surface area contributed by atoms with E-state index in [1.54, 1.807) is 0 Å². The van der Waals surface area contributed by atoms with Crippen LogP contribution >= 0.6 is 0 Å². The van der Waals surface area contributed by atoms with Crippen LogP contribution in [-0.4, -0.2) is 83.8 Å². The summed E-state index contributed by atoms with van der Waals surface area (Å²) in [4.78, 5) is 81.3. The van der Waals surface area contributed by atoms with Crippen LogP contribution in [0.2, 0.25) is 0 Å². The summed E-state index contributed by atoms with van der Waals surface area (Å²) < 4.78 is 5.99. The number of nitrogens with zero attached hydrogens (tertiary/aromatic N) is 1. The van der Waals surface area contributed by atoms with E-state index in [0.717, 1.165) is 25.7 Å². The molecule has 1 saturated heterocycles. The van der Waals surface area contributed by atoms with Crippen molar-refractivity contribution in [2.45, 2.75) is 131 Å². The van der Waals surface area contributed by atoms with Crippen LogP contribution < -0.4 is 21.3 Å². The number of Topliss-reactive ketones (excluding diaryl/α,β-unsaturated/α-hetero) is 1. The van der Waals surface area contributed by atoms with Crippen molar-refractivity contribution in [1.82, 2.24) is 26.2 Å². The van der Waals surface area contributed by atoms with Crippen LogP contribution in [0.15, 0.2) is 12.7 Å². The van der Waals surface area contributed by atoms with Crippen LogP contribution in [0.5, 0.6) is 0 Å². The number of rotatable bonds is 15. The van der Waals surface area contributed by atoms with Gasteiger partial charge in [0, 0.05) is 13.1 Å². The summed E-state index contributed by atoms with van der Waals surface area (Å²) in [6.45, 7) is 18.7. The third kappa shape index (κ3) is 10.5. The number of esters is 1. The number of hydrogen-bond acceptors (Lipinski definition) is 7. The molecule has 3 aliphatic rings. The number of amides is 5. The maximum Gasteiger partial charge on any atom is 0.329 e. The molecule has 0 aromatic rings. The van der Waals surface area contributed by atoms with Gasteiger partial charge in [-0.05, 0) is 67.1 Å². The largest absolute Gasteiger partial charge is 0.460 e. The molecule has 1 aliphatic heterocycles. The highest BCUT2D eigenvalue weighted by atomic mass is 16.5. The number of likely N-dealkylation sites (tertiary alicyclic amines) is 1. The van der Waals surface area contributed by atoms with Gasteiger partial charge in [-0.1, -0.05) is 67.9 Å².